The van der Waals surface area contributed by atoms with Gasteiger partial charge in [0.15, 0.2) is 0 Å². The molecule has 0 aliphatic carbocycles. The first-order valence-electron chi connectivity index (χ1n) is 7.43. The highest BCUT2D eigenvalue weighted by molar-refractivity contribution is 8.00. The van der Waals surface area contributed by atoms with Gasteiger partial charge in [-0.05, 0) is 61.1 Å². The van der Waals surface area contributed by atoms with Crippen molar-refractivity contribution in [3.63, 3.8) is 0 Å². The van der Waals surface area contributed by atoms with Crippen LogP contribution in [-0.4, -0.2) is 11.8 Å². The van der Waals surface area contributed by atoms with Crippen LogP contribution < -0.4 is 5.73 Å². The molecule has 1 aliphatic heterocycles. The van der Waals surface area contributed by atoms with Gasteiger partial charge in [0.25, 0.3) is 0 Å². The predicted octanol–water partition coefficient (Wildman–Crippen LogP) is 4.56. The molecule has 0 bridgehead atoms. The van der Waals surface area contributed by atoms with Crippen LogP contribution in [0.2, 0.25) is 5.02 Å². The second-order valence-electron chi connectivity index (χ2n) is 5.72. The summed E-state index contributed by atoms with van der Waals surface area (Å²) < 4.78 is 0. The first kappa shape index (κ1) is 15.0. The first-order valence-corrected chi connectivity index (χ1v) is 8.69. The number of thioether (sulfide) groups is 1. The van der Waals surface area contributed by atoms with Gasteiger partial charge in [0, 0.05) is 15.2 Å². The van der Waals surface area contributed by atoms with E-state index in [1.54, 1.807) is 0 Å². The van der Waals surface area contributed by atoms with Crippen molar-refractivity contribution < 1.29 is 0 Å². The van der Waals surface area contributed by atoms with Crippen LogP contribution in [0, 0.1) is 5.92 Å². The lowest BCUT2D eigenvalue weighted by Crippen LogP contribution is -2.21. The normalized spacial score (nSPS) is 18.5. The summed E-state index contributed by atoms with van der Waals surface area (Å²) in [5.41, 5.74) is 8.78. The number of halogens is 1. The number of hydrogen-bond donors (Lipinski definition) is 1. The number of nitrogens with two attached hydrogens (primary N) is 1. The Morgan fingerprint density at radius 2 is 2.05 bits per heavy atom. The first-order chi connectivity index (χ1) is 10.2. The van der Waals surface area contributed by atoms with E-state index in [1.807, 2.05) is 23.9 Å². The average molecular weight is 318 g/mol. The van der Waals surface area contributed by atoms with Gasteiger partial charge in [0.1, 0.15) is 0 Å². The second-order valence-corrected chi connectivity index (χ2v) is 7.50. The Kier molecular flexibility index (Phi) is 4.89. The number of rotatable bonds is 5. The van der Waals surface area contributed by atoms with Crippen LogP contribution in [0.25, 0.3) is 0 Å². The third kappa shape index (κ3) is 3.82. The Morgan fingerprint density at radius 3 is 2.81 bits per heavy atom. The van der Waals surface area contributed by atoms with E-state index in [9.17, 15) is 0 Å². The summed E-state index contributed by atoms with van der Waals surface area (Å²) >= 11 is 8.08. The highest BCUT2D eigenvalue weighted by Gasteiger charge is 2.24. The van der Waals surface area contributed by atoms with E-state index in [0.29, 0.717) is 11.2 Å². The molecule has 110 valence electrons. The molecule has 21 heavy (non-hydrogen) atoms. The van der Waals surface area contributed by atoms with Crippen LogP contribution in [0.3, 0.4) is 0 Å². The van der Waals surface area contributed by atoms with Gasteiger partial charge in [-0.3, -0.25) is 0 Å². The third-order valence-electron chi connectivity index (χ3n) is 4.06. The van der Waals surface area contributed by atoms with Crippen LogP contribution in [0.1, 0.15) is 17.5 Å². The van der Waals surface area contributed by atoms with Gasteiger partial charge < -0.3 is 5.73 Å². The molecule has 2 N–H and O–H groups in total. The molecule has 2 atom stereocenters. The Bertz CT molecular complexity index is 589. The van der Waals surface area contributed by atoms with Crippen molar-refractivity contribution in [3.05, 3.63) is 64.7 Å². The van der Waals surface area contributed by atoms with Crippen LogP contribution in [0.15, 0.2) is 53.4 Å². The van der Waals surface area contributed by atoms with Crippen LogP contribution in [-0.2, 0) is 12.8 Å². The molecule has 0 amide bonds. The summed E-state index contributed by atoms with van der Waals surface area (Å²) in [6.07, 6.45) is 3.36. The summed E-state index contributed by atoms with van der Waals surface area (Å²) in [7, 11) is 0. The van der Waals surface area contributed by atoms with Crippen molar-refractivity contribution in [1.29, 1.82) is 0 Å². The lowest BCUT2D eigenvalue weighted by Gasteiger charge is -2.18. The van der Waals surface area contributed by atoms with E-state index in [2.05, 4.69) is 36.4 Å². The molecule has 0 radical (unpaired) electrons. The molecule has 2 unspecified atom stereocenters. The molecule has 0 spiro atoms. The largest absolute Gasteiger partial charge is 0.330 e. The van der Waals surface area contributed by atoms with Crippen molar-refractivity contribution in [2.75, 3.05) is 6.54 Å². The quantitative estimate of drug-likeness (QED) is 0.874. The second kappa shape index (κ2) is 6.87. The summed E-state index contributed by atoms with van der Waals surface area (Å²) in [6, 6.07) is 16.9. The molecular formula is C18H20ClNS. The molecule has 1 heterocycles. The summed E-state index contributed by atoms with van der Waals surface area (Å²) in [5.74, 6) is 0.523. The van der Waals surface area contributed by atoms with Crippen molar-refractivity contribution >= 4 is 23.4 Å². The van der Waals surface area contributed by atoms with Crippen molar-refractivity contribution in [3.8, 4) is 0 Å². The van der Waals surface area contributed by atoms with Gasteiger partial charge in [0.2, 0.25) is 0 Å². The topological polar surface area (TPSA) is 26.0 Å². The SMILES string of the molecule is NCC(Cc1cccc(Cl)c1)CC1Cc2ccccc2S1. The summed E-state index contributed by atoms with van der Waals surface area (Å²) in [5, 5.41) is 1.47. The molecule has 0 saturated carbocycles. The fourth-order valence-electron chi connectivity index (χ4n) is 3.02. The monoisotopic (exact) mass is 317 g/mol. The highest BCUT2D eigenvalue weighted by Crippen LogP contribution is 2.39. The standard InChI is InChI=1S/C18H20ClNS/c19-16-6-3-4-13(9-16)8-14(12-20)10-17-11-15-5-1-2-7-18(15)21-17/h1-7,9,14,17H,8,10-12,20H2. The maximum atomic E-state index is 6.07. The molecule has 2 aromatic rings. The Hall–Kier alpha value is -0.960. The van der Waals surface area contributed by atoms with E-state index in [1.165, 1.54) is 28.9 Å². The maximum Gasteiger partial charge on any atom is 0.0408 e. The van der Waals surface area contributed by atoms with Gasteiger partial charge in [-0.25, -0.2) is 0 Å². The summed E-state index contributed by atoms with van der Waals surface area (Å²) in [6.45, 7) is 0.736. The molecule has 1 nitrogen and oxygen atoms in total. The van der Waals surface area contributed by atoms with Crippen molar-refractivity contribution in [2.24, 2.45) is 11.7 Å². The van der Waals surface area contributed by atoms with E-state index in [0.717, 1.165) is 18.0 Å². The zero-order valence-corrected chi connectivity index (χ0v) is 13.5. The molecule has 3 rings (SSSR count). The van der Waals surface area contributed by atoms with E-state index < -0.39 is 0 Å². The summed E-state index contributed by atoms with van der Waals surface area (Å²) in [4.78, 5) is 1.45. The lowest BCUT2D eigenvalue weighted by molar-refractivity contribution is 0.485. The Labute approximate surface area is 135 Å². The highest BCUT2D eigenvalue weighted by atomic mass is 35.5. The third-order valence-corrected chi connectivity index (χ3v) is 5.64. The van der Waals surface area contributed by atoms with Crippen LogP contribution >= 0.6 is 23.4 Å². The van der Waals surface area contributed by atoms with Crippen molar-refractivity contribution in [2.45, 2.75) is 29.4 Å². The predicted molar refractivity (Wildman–Crippen MR) is 92.1 cm³/mol. The molecule has 0 fully saturated rings. The number of benzene rings is 2. The van der Waals surface area contributed by atoms with Gasteiger partial charge in [0.05, 0.1) is 0 Å². The van der Waals surface area contributed by atoms with Gasteiger partial charge >= 0.3 is 0 Å². The van der Waals surface area contributed by atoms with E-state index >= 15 is 0 Å². The van der Waals surface area contributed by atoms with Gasteiger partial charge in [-0.1, -0.05) is 41.9 Å². The average Bonchev–Trinajstić information content (AvgIpc) is 2.89. The minimum absolute atomic E-state index is 0.523. The Balaban J connectivity index is 1.61. The van der Waals surface area contributed by atoms with Crippen LogP contribution in [0.5, 0.6) is 0 Å². The van der Waals surface area contributed by atoms with Gasteiger partial charge in [-0.2, -0.15) is 0 Å². The smallest absolute Gasteiger partial charge is 0.0408 e. The Morgan fingerprint density at radius 1 is 1.19 bits per heavy atom. The van der Waals surface area contributed by atoms with Crippen LogP contribution in [0.4, 0.5) is 0 Å². The lowest BCUT2D eigenvalue weighted by atomic mass is 9.93. The minimum atomic E-state index is 0.523. The number of fused-ring (bicyclic) bond motifs is 1. The minimum Gasteiger partial charge on any atom is -0.330 e. The van der Waals surface area contributed by atoms with Gasteiger partial charge in [-0.15, -0.1) is 11.8 Å². The van der Waals surface area contributed by atoms with Crippen molar-refractivity contribution in [1.82, 2.24) is 0 Å². The van der Waals surface area contributed by atoms with E-state index in [4.69, 9.17) is 17.3 Å². The fraction of sp³-hybridized carbons (Fsp3) is 0.333. The molecule has 0 saturated heterocycles. The zero-order valence-electron chi connectivity index (χ0n) is 12.0. The molecular weight excluding hydrogens is 298 g/mol. The molecule has 1 aliphatic rings. The molecule has 3 heteroatoms. The zero-order chi connectivity index (χ0) is 14.7. The van der Waals surface area contributed by atoms with E-state index in [-0.39, 0.29) is 0 Å². The molecule has 0 aromatic heterocycles. The maximum absolute atomic E-state index is 6.07. The molecule has 2 aromatic carbocycles. The number of hydrogen-bond acceptors (Lipinski definition) is 2. The fourth-order valence-corrected chi connectivity index (χ4v) is 4.68.